The first-order chi connectivity index (χ1) is 12.2. The van der Waals surface area contributed by atoms with E-state index < -0.39 is 6.09 Å². The molecule has 1 fully saturated rings. The summed E-state index contributed by atoms with van der Waals surface area (Å²) < 4.78 is 5.48. The Hall–Kier alpha value is -2.96. The zero-order valence-electron chi connectivity index (χ0n) is 13.7. The summed E-state index contributed by atoms with van der Waals surface area (Å²) in [4.78, 5) is 32.0. The molecule has 0 saturated heterocycles. The summed E-state index contributed by atoms with van der Waals surface area (Å²) in [7, 11) is 0. The van der Waals surface area contributed by atoms with Crippen LogP contribution in [0.1, 0.15) is 36.2 Å². The van der Waals surface area contributed by atoms with Gasteiger partial charge in [0.25, 0.3) is 5.91 Å². The minimum Gasteiger partial charge on any atom is -0.446 e. The first kappa shape index (κ1) is 16.9. The molecule has 25 heavy (non-hydrogen) atoms. The van der Waals surface area contributed by atoms with Gasteiger partial charge in [0.1, 0.15) is 11.8 Å². The van der Waals surface area contributed by atoms with Crippen molar-refractivity contribution in [2.45, 2.75) is 37.8 Å². The molecule has 0 radical (unpaired) electrons. The molecule has 0 aliphatic heterocycles. The van der Waals surface area contributed by atoms with Gasteiger partial charge in [0.2, 0.25) is 0 Å². The van der Waals surface area contributed by atoms with E-state index in [0.29, 0.717) is 12.1 Å². The number of nitrogens with zero attached hydrogens (tertiary/aromatic N) is 2. The summed E-state index contributed by atoms with van der Waals surface area (Å²) in [5.41, 5.74) is 0.975. The van der Waals surface area contributed by atoms with Crippen LogP contribution in [0.3, 0.4) is 0 Å². The maximum Gasteiger partial charge on any atom is 0.411 e. The number of anilines is 1. The first-order valence-electron chi connectivity index (χ1n) is 8.30. The van der Waals surface area contributed by atoms with Crippen molar-refractivity contribution < 1.29 is 14.3 Å². The predicted molar refractivity (Wildman–Crippen MR) is 92.1 cm³/mol. The van der Waals surface area contributed by atoms with Crippen LogP contribution in [0.4, 0.5) is 10.5 Å². The molecule has 2 aromatic rings. The number of ether oxygens (including phenoxy) is 1. The van der Waals surface area contributed by atoms with Crippen LogP contribution < -0.4 is 10.6 Å². The lowest BCUT2D eigenvalue weighted by atomic mass is 9.93. The molecule has 1 aromatic heterocycles. The summed E-state index contributed by atoms with van der Waals surface area (Å²) in [6.07, 6.45) is 6.86. The third-order valence-corrected chi connectivity index (χ3v) is 4.05. The lowest BCUT2D eigenvalue weighted by Gasteiger charge is -2.29. The number of carbonyl (C=O) groups is 2. The number of carbonyl (C=O) groups excluding carboxylic acids is 2. The summed E-state index contributed by atoms with van der Waals surface area (Å²) in [6.45, 7) is 0. The second kappa shape index (κ2) is 8.23. The van der Waals surface area contributed by atoms with Crippen molar-refractivity contribution >= 4 is 17.7 Å². The highest BCUT2D eigenvalue weighted by Gasteiger charge is 2.26. The van der Waals surface area contributed by atoms with Gasteiger partial charge in [-0.15, -0.1) is 0 Å². The van der Waals surface area contributed by atoms with Crippen molar-refractivity contribution in [3.63, 3.8) is 0 Å². The third kappa shape index (κ3) is 5.00. The standard InChI is InChI=1S/C18H20N4O3/c23-17(16-12-19-9-10-20-16)21-14-7-4-8-15(11-14)25-18(24)22-13-5-2-1-3-6-13/h1-3,5-6,9-10,12,14-15H,4,7-8,11H2,(H,21,23)(H,22,24)/t14-,15+/m0/s1. The van der Waals surface area contributed by atoms with E-state index in [0.717, 1.165) is 19.3 Å². The van der Waals surface area contributed by atoms with Gasteiger partial charge >= 0.3 is 6.09 Å². The van der Waals surface area contributed by atoms with Crippen LogP contribution in [0.5, 0.6) is 0 Å². The van der Waals surface area contributed by atoms with Gasteiger partial charge in [-0.25, -0.2) is 9.78 Å². The Balaban J connectivity index is 1.49. The van der Waals surface area contributed by atoms with Gasteiger partial charge in [-0.05, 0) is 31.4 Å². The average Bonchev–Trinajstić information content (AvgIpc) is 2.63. The fourth-order valence-electron chi connectivity index (χ4n) is 2.88. The van der Waals surface area contributed by atoms with Crippen molar-refractivity contribution in [2.75, 3.05) is 5.32 Å². The number of amides is 2. The highest BCUT2D eigenvalue weighted by Crippen LogP contribution is 2.22. The Morgan fingerprint density at radius 3 is 2.72 bits per heavy atom. The monoisotopic (exact) mass is 340 g/mol. The van der Waals surface area contributed by atoms with Crippen molar-refractivity contribution in [3.8, 4) is 0 Å². The molecule has 1 aromatic carbocycles. The zero-order chi connectivity index (χ0) is 17.5. The molecule has 2 amide bonds. The van der Waals surface area contributed by atoms with Crippen LogP contribution in [0, 0.1) is 0 Å². The molecule has 2 N–H and O–H groups in total. The summed E-state index contributed by atoms with van der Waals surface area (Å²) in [5, 5.41) is 5.64. The number of hydrogen-bond acceptors (Lipinski definition) is 5. The van der Waals surface area contributed by atoms with Crippen LogP contribution in [0.25, 0.3) is 0 Å². The fourth-order valence-corrected chi connectivity index (χ4v) is 2.88. The predicted octanol–water partition coefficient (Wildman–Crippen LogP) is 2.77. The zero-order valence-corrected chi connectivity index (χ0v) is 13.7. The van der Waals surface area contributed by atoms with Crippen LogP contribution in [0.2, 0.25) is 0 Å². The number of hydrogen-bond donors (Lipinski definition) is 2. The highest BCUT2D eigenvalue weighted by atomic mass is 16.6. The molecule has 1 heterocycles. The minimum absolute atomic E-state index is 0.0437. The number of benzene rings is 1. The molecule has 130 valence electrons. The quantitative estimate of drug-likeness (QED) is 0.893. The van der Waals surface area contributed by atoms with Gasteiger partial charge in [0.05, 0.1) is 6.20 Å². The second-order valence-electron chi connectivity index (χ2n) is 5.95. The largest absolute Gasteiger partial charge is 0.446 e. The maximum absolute atomic E-state index is 12.1. The van der Waals surface area contributed by atoms with E-state index in [9.17, 15) is 9.59 Å². The molecule has 2 atom stereocenters. The summed E-state index contributed by atoms with van der Waals surface area (Å²) >= 11 is 0. The van der Waals surface area contributed by atoms with Crippen molar-refractivity contribution in [1.29, 1.82) is 0 Å². The molecule has 7 heteroatoms. The summed E-state index contributed by atoms with van der Waals surface area (Å²) in [5.74, 6) is -0.257. The number of rotatable bonds is 4. The number of nitrogens with one attached hydrogen (secondary N) is 2. The number of para-hydroxylation sites is 1. The normalized spacial score (nSPS) is 19.7. The van der Waals surface area contributed by atoms with E-state index in [-0.39, 0.29) is 23.7 Å². The molecule has 7 nitrogen and oxygen atoms in total. The Bertz CT molecular complexity index is 709. The van der Waals surface area contributed by atoms with Gasteiger partial charge in [-0.1, -0.05) is 18.2 Å². The van der Waals surface area contributed by atoms with Crippen molar-refractivity contribution in [3.05, 3.63) is 54.6 Å². The molecular formula is C18H20N4O3. The lowest BCUT2D eigenvalue weighted by Crippen LogP contribution is -2.41. The van der Waals surface area contributed by atoms with Crippen LogP contribution >= 0.6 is 0 Å². The first-order valence-corrected chi connectivity index (χ1v) is 8.30. The maximum atomic E-state index is 12.1. The third-order valence-electron chi connectivity index (χ3n) is 4.05. The van der Waals surface area contributed by atoms with E-state index in [4.69, 9.17) is 4.74 Å². The van der Waals surface area contributed by atoms with Crippen LogP contribution in [0.15, 0.2) is 48.9 Å². The molecule has 1 saturated carbocycles. The Labute approximate surface area is 145 Å². The molecule has 0 spiro atoms. The smallest absolute Gasteiger partial charge is 0.411 e. The molecule has 0 unspecified atom stereocenters. The minimum atomic E-state index is -0.475. The number of aromatic nitrogens is 2. The second-order valence-corrected chi connectivity index (χ2v) is 5.95. The molecular weight excluding hydrogens is 320 g/mol. The SMILES string of the molecule is O=C(Nc1ccccc1)O[C@@H]1CCC[C@H](NC(=O)c2cnccn2)C1. The molecule has 0 bridgehead atoms. The molecule has 3 rings (SSSR count). The van der Waals surface area contributed by atoms with Crippen molar-refractivity contribution in [2.24, 2.45) is 0 Å². The molecule has 1 aliphatic carbocycles. The lowest BCUT2D eigenvalue weighted by molar-refractivity contribution is 0.0711. The summed E-state index contributed by atoms with van der Waals surface area (Å²) in [6, 6.07) is 9.11. The Kier molecular flexibility index (Phi) is 5.56. The van der Waals surface area contributed by atoms with Gasteiger partial charge in [0, 0.05) is 30.5 Å². The van der Waals surface area contributed by atoms with Crippen molar-refractivity contribution in [1.82, 2.24) is 15.3 Å². The van der Waals surface area contributed by atoms with E-state index in [1.807, 2.05) is 18.2 Å². The Morgan fingerprint density at radius 2 is 1.96 bits per heavy atom. The highest BCUT2D eigenvalue weighted by molar-refractivity contribution is 5.92. The van der Waals surface area contributed by atoms with Crippen LogP contribution in [-0.2, 0) is 4.74 Å². The Morgan fingerprint density at radius 1 is 1.12 bits per heavy atom. The van der Waals surface area contributed by atoms with Gasteiger partial charge in [-0.2, -0.15) is 0 Å². The molecule has 1 aliphatic rings. The van der Waals surface area contributed by atoms with E-state index in [2.05, 4.69) is 20.6 Å². The topological polar surface area (TPSA) is 93.2 Å². The van der Waals surface area contributed by atoms with Crippen LogP contribution in [-0.4, -0.2) is 34.1 Å². The fraction of sp³-hybridized carbons (Fsp3) is 0.333. The average molecular weight is 340 g/mol. The van der Waals surface area contributed by atoms with E-state index in [1.165, 1.54) is 18.6 Å². The van der Waals surface area contributed by atoms with E-state index >= 15 is 0 Å². The van der Waals surface area contributed by atoms with Gasteiger partial charge in [0.15, 0.2) is 0 Å². The van der Waals surface area contributed by atoms with E-state index in [1.54, 1.807) is 12.1 Å². The van der Waals surface area contributed by atoms with Gasteiger partial charge < -0.3 is 10.1 Å². The van der Waals surface area contributed by atoms with Gasteiger partial charge in [-0.3, -0.25) is 15.1 Å².